The van der Waals surface area contributed by atoms with Crippen molar-refractivity contribution in [1.29, 1.82) is 0 Å². The summed E-state index contributed by atoms with van der Waals surface area (Å²) in [5, 5.41) is 16.3. The Morgan fingerprint density at radius 2 is 1.75 bits per heavy atom. The third-order valence-electron chi connectivity index (χ3n) is 4.62. The number of hydrogen-bond donors (Lipinski definition) is 2. The fourth-order valence-corrected chi connectivity index (χ4v) is 2.89. The Kier molecular flexibility index (Phi) is 7.53. The molecule has 2 aromatic carbocycles. The zero-order valence-electron chi connectivity index (χ0n) is 17.5. The number of rotatable bonds is 9. The summed E-state index contributed by atoms with van der Waals surface area (Å²) in [4.78, 5) is 35.6. The van der Waals surface area contributed by atoms with E-state index in [1.54, 1.807) is 54.6 Å². The SMILES string of the molecule is CCCCNC(=O)/C(=C/c1ccc(-c2ccc([N+](=O)[O-])cc2)o1)NC(=O)c1ccccc1. The molecule has 3 rings (SSSR count). The summed E-state index contributed by atoms with van der Waals surface area (Å²) >= 11 is 0. The highest BCUT2D eigenvalue weighted by atomic mass is 16.6. The van der Waals surface area contributed by atoms with Gasteiger partial charge in [0.1, 0.15) is 17.2 Å². The summed E-state index contributed by atoms with van der Waals surface area (Å²) in [6, 6.07) is 17.9. The summed E-state index contributed by atoms with van der Waals surface area (Å²) in [6.07, 6.45) is 3.19. The molecule has 0 saturated carbocycles. The lowest BCUT2D eigenvalue weighted by Gasteiger charge is -2.10. The van der Waals surface area contributed by atoms with Crippen LogP contribution in [0, 0.1) is 10.1 Å². The lowest BCUT2D eigenvalue weighted by atomic mass is 10.1. The monoisotopic (exact) mass is 433 g/mol. The highest BCUT2D eigenvalue weighted by Gasteiger charge is 2.16. The van der Waals surface area contributed by atoms with Crippen LogP contribution in [0.2, 0.25) is 0 Å². The van der Waals surface area contributed by atoms with Gasteiger partial charge in [-0.2, -0.15) is 0 Å². The molecule has 164 valence electrons. The first-order chi connectivity index (χ1) is 15.5. The van der Waals surface area contributed by atoms with Gasteiger partial charge in [-0.05, 0) is 42.8 Å². The topological polar surface area (TPSA) is 114 Å². The molecular formula is C24H23N3O5. The Balaban J connectivity index is 1.83. The fraction of sp³-hybridized carbons (Fsp3) is 0.167. The second-order valence-corrected chi connectivity index (χ2v) is 6.99. The summed E-state index contributed by atoms with van der Waals surface area (Å²) < 4.78 is 5.79. The molecule has 2 amide bonds. The van der Waals surface area contributed by atoms with Gasteiger partial charge in [0.2, 0.25) is 0 Å². The smallest absolute Gasteiger partial charge is 0.269 e. The number of amides is 2. The van der Waals surface area contributed by atoms with Crippen molar-refractivity contribution in [1.82, 2.24) is 10.6 Å². The second-order valence-electron chi connectivity index (χ2n) is 6.99. The van der Waals surface area contributed by atoms with Crippen LogP contribution in [-0.2, 0) is 4.79 Å². The first-order valence-corrected chi connectivity index (χ1v) is 10.2. The first-order valence-electron chi connectivity index (χ1n) is 10.2. The highest BCUT2D eigenvalue weighted by Crippen LogP contribution is 2.25. The second kappa shape index (κ2) is 10.7. The summed E-state index contributed by atoms with van der Waals surface area (Å²) in [5.41, 5.74) is 1.11. The van der Waals surface area contributed by atoms with Gasteiger partial charge in [-0.1, -0.05) is 31.5 Å². The van der Waals surface area contributed by atoms with E-state index in [9.17, 15) is 19.7 Å². The van der Waals surface area contributed by atoms with Crippen molar-refractivity contribution in [3.05, 3.63) is 93.9 Å². The van der Waals surface area contributed by atoms with Crippen molar-refractivity contribution >= 4 is 23.6 Å². The minimum absolute atomic E-state index is 0.0184. The van der Waals surface area contributed by atoms with Gasteiger partial charge in [-0.3, -0.25) is 19.7 Å². The Morgan fingerprint density at radius 1 is 1.03 bits per heavy atom. The minimum atomic E-state index is -0.473. The number of nitro groups is 1. The van der Waals surface area contributed by atoms with Crippen molar-refractivity contribution in [2.45, 2.75) is 19.8 Å². The number of carbonyl (C=O) groups is 2. The van der Waals surface area contributed by atoms with Crippen LogP contribution in [0.3, 0.4) is 0 Å². The quantitative estimate of drug-likeness (QED) is 0.222. The number of carbonyl (C=O) groups excluding carboxylic acids is 2. The van der Waals surface area contributed by atoms with Gasteiger partial charge in [0, 0.05) is 35.9 Å². The maximum atomic E-state index is 12.7. The maximum absolute atomic E-state index is 12.7. The Hall–Kier alpha value is -4.20. The number of furan rings is 1. The molecule has 1 heterocycles. The molecular weight excluding hydrogens is 410 g/mol. The van der Waals surface area contributed by atoms with Gasteiger partial charge in [0.05, 0.1) is 4.92 Å². The van der Waals surface area contributed by atoms with Crippen LogP contribution in [0.5, 0.6) is 0 Å². The van der Waals surface area contributed by atoms with Crippen LogP contribution in [-0.4, -0.2) is 23.3 Å². The molecule has 8 heteroatoms. The molecule has 0 saturated heterocycles. The average molecular weight is 433 g/mol. The number of non-ortho nitro benzene ring substituents is 1. The number of unbranched alkanes of at least 4 members (excludes halogenated alkanes) is 1. The largest absolute Gasteiger partial charge is 0.457 e. The zero-order chi connectivity index (χ0) is 22.9. The van der Waals surface area contributed by atoms with Crippen LogP contribution >= 0.6 is 0 Å². The zero-order valence-corrected chi connectivity index (χ0v) is 17.5. The van der Waals surface area contributed by atoms with E-state index in [4.69, 9.17) is 4.42 Å². The molecule has 0 aliphatic carbocycles. The molecule has 8 nitrogen and oxygen atoms in total. The Bertz CT molecular complexity index is 1120. The molecule has 0 bridgehead atoms. The summed E-state index contributed by atoms with van der Waals surface area (Å²) in [5.74, 6) is -0.000659. The van der Waals surface area contributed by atoms with Crippen molar-refractivity contribution < 1.29 is 18.9 Å². The van der Waals surface area contributed by atoms with E-state index < -0.39 is 16.7 Å². The molecule has 0 atom stereocenters. The van der Waals surface area contributed by atoms with E-state index in [-0.39, 0.29) is 11.4 Å². The number of nitrogens with one attached hydrogen (secondary N) is 2. The molecule has 1 aromatic heterocycles. The highest BCUT2D eigenvalue weighted by molar-refractivity contribution is 6.05. The van der Waals surface area contributed by atoms with Gasteiger partial charge in [0.15, 0.2) is 0 Å². The fourth-order valence-electron chi connectivity index (χ4n) is 2.89. The summed E-state index contributed by atoms with van der Waals surface area (Å²) in [6.45, 7) is 2.50. The van der Waals surface area contributed by atoms with Gasteiger partial charge in [0.25, 0.3) is 17.5 Å². The van der Waals surface area contributed by atoms with Gasteiger partial charge < -0.3 is 15.1 Å². The molecule has 0 aliphatic heterocycles. The van der Waals surface area contributed by atoms with Crippen molar-refractivity contribution in [3.8, 4) is 11.3 Å². The van der Waals surface area contributed by atoms with Gasteiger partial charge in [-0.15, -0.1) is 0 Å². The number of nitro benzene ring substituents is 1. The van der Waals surface area contributed by atoms with Crippen molar-refractivity contribution in [2.75, 3.05) is 6.54 Å². The molecule has 0 unspecified atom stereocenters. The number of nitrogens with zero attached hydrogens (tertiary/aromatic N) is 1. The maximum Gasteiger partial charge on any atom is 0.269 e. The molecule has 32 heavy (non-hydrogen) atoms. The minimum Gasteiger partial charge on any atom is -0.457 e. The van der Waals surface area contributed by atoms with Crippen LogP contribution in [0.15, 0.2) is 76.8 Å². The van der Waals surface area contributed by atoms with E-state index >= 15 is 0 Å². The standard InChI is InChI=1S/C24H23N3O5/c1-2-3-15-25-24(29)21(26-23(28)18-7-5-4-6-8-18)16-20-13-14-22(32-20)17-9-11-19(12-10-17)27(30)31/h4-14,16H,2-3,15H2,1H3,(H,25,29)(H,26,28)/b21-16-. The van der Waals surface area contributed by atoms with E-state index in [0.717, 1.165) is 12.8 Å². The van der Waals surface area contributed by atoms with E-state index in [0.29, 0.717) is 29.2 Å². The van der Waals surface area contributed by atoms with Gasteiger partial charge in [-0.25, -0.2) is 0 Å². The summed E-state index contributed by atoms with van der Waals surface area (Å²) in [7, 11) is 0. The Morgan fingerprint density at radius 3 is 2.41 bits per heavy atom. The third kappa shape index (κ3) is 5.91. The van der Waals surface area contributed by atoms with Gasteiger partial charge >= 0.3 is 0 Å². The number of hydrogen-bond acceptors (Lipinski definition) is 5. The molecule has 0 radical (unpaired) electrons. The van der Waals surface area contributed by atoms with Crippen LogP contribution in [0.25, 0.3) is 17.4 Å². The van der Waals surface area contributed by atoms with Crippen LogP contribution in [0.4, 0.5) is 5.69 Å². The average Bonchev–Trinajstić information content (AvgIpc) is 3.28. The molecule has 3 aromatic rings. The van der Waals surface area contributed by atoms with Crippen molar-refractivity contribution in [2.24, 2.45) is 0 Å². The van der Waals surface area contributed by atoms with E-state index in [2.05, 4.69) is 10.6 Å². The molecule has 2 N–H and O–H groups in total. The third-order valence-corrected chi connectivity index (χ3v) is 4.62. The van der Waals surface area contributed by atoms with Crippen molar-refractivity contribution in [3.63, 3.8) is 0 Å². The predicted octanol–water partition coefficient (Wildman–Crippen LogP) is 4.54. The predicted molar refractivity (Wildman–Crippen MR) is 121 cm³/mol. The normalized spacial score (nSPS) is 11.1. The lowest BCUT2D eigenvalue weighted by molar-refractivity contribution is -0.384. The van der Waals surface area contributed by atoms with E-state index in [1.165, 1.54) is 18.2 Å². The molecule has 0 fully saturated rings. The first kappa shape index (κ1) is 22.5. The Labute approximate surface area is 185 Å². The van der Waals surface area contributed by atoms with Crippen LogP contribution < -0.4 is 10.6 Å². The lowest BCUT2D eigenvalue weighted by Crippen LogP contribution is -2.35. The van der Waals surface area contributed by atoms with Crippen LogP contribution in [0.1, 0.15) is 35.9 Å². The molecule has 0 aliphatic rings. The van der Waals surface area contributed by atoms with E-state index in [1.807, 2.05) is 6.92 Å². The number of benzene rings is 2. The molecule has 0 spiro atoms.